The molecule has 0 heterocycles. The third-order valence-electron chi connectivity index (χ3n) is 2.73. The molecule has 0 saturated carbocycles. The number of rotatable bonds is 9. The van der Waals surface area contributed by atoms with E-state index in [0.717, 1.165) is 32.4 Å². The van der Waals surface area contributed by atoms with Gasteiger partial charge in [0.1, 0.15) is 5.54 Å². The Labute approximate surface area is 105 Å². The van der Waals surface area contributed by atoms with Crippen LogP contribution in [0, 0.1) is 0 Å². The number of methoxy groups -OCH3 is 1. The highest BCUT2D eigenvalue weighted by Gasteiger charge is 2.32. The first-order chi connectivity index (χ1) is 7.96. The molecule has 4 nitrogen and oxygen atoms in total. The number of nitrogens with one attached hydrogen (secondary N) is 1. The average molecular weight is 245 g/mol. The lowest BCUT2D eigenvalue weighted by Crippen LogP contribution is -2.50. The lowest BCUT2D eigenvalue weighted by atomic mass is 9.95. The Balaban J connectivity index is 3.97. The molecule has 0 aliphatic heterocycles. The van der Waals surface area contributed by atoms with Gasteiger partial charge in [-0.25, -0.2) is 0 Å². The summed E-state index contributed by atoms with van der Waals surface area (Å²) in [6.07, 6.45) is 2.96. The molecule has 0 saturated heterocycles. The molecule has 0 aromatic carbocycles. The van der Waals surface area contributed by atoms with Crippen LogP contribution in [-0.2, 0) is 14.3 Å². The Morgan fingerprint density at radius 1 is 1.35 bits per heavy atom. The molecule has 0 fully saturated rings. The second-order valence-electron chi connectivity index (χ2n) is 4.73. The molecule has 0 aromatic heterocycles. The molecule has 0 amide bonds. The number of esters is 1. The Hall–Kier alpha value is -0.610. The van der Waals surface area contributed by atoms with Gasteiger partial charge in [0, 0.05) is 6.61 Å². The largest absolute Gasteiger partial charge is 0.468 e. The molecule has 1 N–H and O–H groups in total. The lowest BCUT2D eigenvalue weighted by molar-refractivity contribution is -0.148. The molecular weight excluding hydrogens is 218 g/mol. The molecular formula is C13H27NO3. The Morgan fingerprint density at radius 3 is 2.47 bits per heavy atom. The summed E-state index contributed by atoms with van der Waals surface area (Å²) in [5.41, 5.74) is -0.568. The predicted molar refractivity (Wildman–Crippen MR) is 69.0 cm³/mol. The van der Waals surface area contributed by atoms with Crippen molar-refractivity contribution in [3.05, 3.63) is 0 Å². The number of unbranched alkanes of at least 4 members (excludes halogenated alkanes) is 1. The van der Waals surface area contributed by atoms with Crippen LogP contribution < -0.4 is 5.32 Å². The molecule has 4 heteroatoms. The normalized spacial score (nSPS) is 14.7. The summed E-state index contributed by atoms with van der Waals surface area (Å²) >= 11 is 0. The third-order valence-corrected chi connectivity index (χ3v) is 2.73. The average Bonchev–Trinajstić information content (AvgIpc) is 2.27. The van der Waals surface area contributed by atoms with Crippen molar-refractivity contribution in [3.8, 4) is 0 Å². The first kappa shape index (κ1) is 16.4. The first-order valence-electron chi connectivity index (χ1n) is 6.41. The van der Waals surface area contributed by atoms with E-state index in [1.807, 2.05) is 27.7 Å². The van der Waals surface area contributed by atoms with Gasteiger partial charge in [0.2, 0.25) is 0 Å². The van der Waals surface area contributed by atoms with Gasteiger partial charge in [-0.3, -0.25) is 4.79 Å². The van der Waals surface area contributed by atoms with E-state index >= 15 is 0 Å². The first-order valence-corrected chi connectivity index (χ1v) is 6.41. The van der Waals surface area contributed by atoms with Crippen molar-refractivity contribution >= 4 is 5.97 Å². The van der Waals surface area contributed by atoms with Gasteiger partial charge in [-0.1, -0.05) is 6.92 Å². The van der Waals surface area contributed by atoms with Crippen molar-refractivity contribution in [1.29, 1.82) is 0 Å². The molecule has 1 atom stereocenters. The van der Waals surface area contributed by atoms with Crippen LogP contribution in [0.1, 0.15) is 47.0 Å². The summed E-state index contributed by atoms with van der Waals surface area (Å²) in [5.74, 6) is -0.191. The van der Waals surface area contributed by atoms with E-state index in [2.05, 4.69) is 5.32 Å². The van der Waals surface area contributed by atoms with Crippen molar-refractivity contribution in [1.82, 2.24) is 5.32 Å². The second kappa shape index (κ2) is 8.48. The fourth-order valence-electron chi connectivity index (χ4n) is 1.78. The van der Waals surface area contributed by atoms with Crippen LogP contribution >= 0.6 is 0 Å². The van der Waals surface area contributed by atoms with Gasteiger partial charge in [-0.2, -0.15) is 0 Å². The van der Waals surface area contributed by atoms with Gasteiger partial charge >= 0.3 is 5.97 Å². The highest BCUT2D eigenvalue weighted by Crippen LogP contribution is 2.15. The van der Waals surface area contributed by atoms with E-state index in [4.69, 9.17) is 9.47 Å². The minimum Gasteiger partial charge on any atom is -0.468 e. The van der Waals surface area contributed by atoms with E-state index < -0.39 is 5.54 Å². The third kappa shape index (κ3) is 6.64. The smallest absolute Gasteiger partial charge is 0.325 e. The highest BCUT2D eigenvalue weighted by atomic mass is 16.5. The van der Waals surface area contributed by atoms with Crippen molar-refractivity contribution in [3.63, 3.8) is 0 Å². The summed E-state index contributed by atoms with van der Waals surface area (Å²) in [6, 6.07) is 0. The standard InChI is InChI=1S/C13H27NO3/c1-6-14-13(4,12(15)16-5)9-7-8-10-17-11(2)3/h11,14H,6-10H2,1-5H3. The van der Waals surface area contributed by atoms with Gasteiger partial charge in [0.25, 0.3) is 0 Å². The maximum Gasteiger partial charge on any atom is 0.325 e. The quantitative estimate of drug-likeness (QED) is 0.499. The summed E-state index contributed by atoms with van der Waals surface area (Å²) in [6.45, 7) is 9.44. The van der Waals surface area contributed by atoms with Crippen molar-refractivity contribution < 1.29 is 14.3 Å². The summed E-state index contributed by atoms with van der Waals surface area (Å²) < 4.78 is 10.3. The van der Waals surface area contributed by atoms with E-state index in [1.165, 1.54) is 7.11 Å². The Bertz CT molecular complexity index is 219. The van der Waals surface area contributed by atoms with Gasteiger partial charge in [-0.05, 0) is 46.6 Å². The molecule has 0 aliphatic rings. The molecule has 0 radical (unpaired) electrons. The Morgan fingerprint density at radius 2 is 2.00 bits per heavy atom. The number of hydrogen-bond donors (Lipinski definition) is 1. The molecule has 0 spiro atoms. The number of hydrogen-bond acceptors (Lipinski definition) is 4. The van der Waals surface area contributed by atoms with Crippen LogP contribution in [0.2, 0.25) is 0 Å². The van der Waals surface area contributed by atoms with Crippen LogP contribution in [0.15, 0.2) is 0 Å². The lowest BCUT2D eigenvalue weighted by Gasteiger charge is -2.27. The van der Waals surface area contributed by atoms with Crippen molar-refractivity contribution in [2.45, 2.75) is 58.6 Å². The predicted octanol–water partition coefficient (Wildman–Crippen LogP) is 2.12. The monoisotopic (exact) mass is 245 g/mol. The number of carbonyl (C=O) groups is 1. The van der Waals surface area contributed by atoms with E-state index in [0.29, 0.717) is 0 Å². The molecule has 17 heavy (non-hydrogen) atoms. The maximum absolute atomic E-state index is 11.7. The van der Waals surface area contributed by atoms with Crippen LogP contribution in [0.25, 0.3) is 0 Å². The Kier molecular flexibility index (Phi) is 8.17. The molecule has 102 valence electrons. The maximum atomic E-state index is 11.7. The second-order valence-corrected chi connectivity index (χ2v) is 4.73. The summed E-state index contributed by atoms with van der Waals surface area (Å²) in [7, 11) is 1.43. The van der Waals surface area contributed by atoms with E-state index in [1.54, 1.807) is 0 Å². The number of ether oxygens (including phenoxy) is 2. The minimum atomic E-state index is -0.568. The zero-order valence-electron chi connectivity index (χ0n) is 11.8. The van der Waals surface area contributed by atoms with Gasteiger partial charge in [-0.15, -0.1) is 0 Å². The number of carbonyl (C=O) groups excluding carboxylic acids is 1. The minimum absolute atomic E-state index is 0.191. The van der Waals surface area contributed by atoms with Crippen molar-refractivity contribution in [2.24, 2.45) is 0 Å². The highest BCUT2D eigenvalue weighted by molar-refractivity contribution is 5.80. The molecule has 0 aliphatic carbocycles. The number of likely N-dealkylation sites (N-methyl/N-ethyl adjacent to an activating group) is 1. The summed E-state index contributed by atoms with van der Waals surface area (Å²) in [5, 5.41) is 3.19. The fourth-order valence-corrected chi connectivity index (χ4v) is 1.78. The molecule has 0 rings (SSSR count). The summed E-state index contributed by atoms with van der Waals surface area (Å²) in [4.78, 5) is 11.7. The van der Waals surface area contributed by atoms with E-state index in [9.17, 15) is 4.79 Å². The molecule has 0 aromatic rings. The molecule has 1 unspecified atom stereocenters. The zero-order chi connectivity index (χ0) is 13.3. The van der Waals surface area contributed by atoms with Gasteiger partial charge < -0.3 is 14.8 Å². The van der Waals surface area contributed by atoms with Crippen LogP contribution in [0.4, 0.5) is 0 Å². The van der Waals surface area contributed by atoms with Crippen LogP contribution in [-0.4, -0.2) is 37.9 Å². The van der Waals surface area contributed by atoms with E-state index in [-0.39, 0.29) is 12.1 Å². The topological polar surface area (TPSA) is 47.6 Å². The molecule has 0 bridgehead atoms. The van der Waals surface area contributed by atoms with Crippen molar-refractivity contribution in [2.75, 3.05) is 20.3 Å². The van der Waals surface area contributed by atoms with Gasteiger partial charge in [0.05, 0.1) is 13.2 Å². The van der Waals surface area contributed by atoms with Gasteiger partial charge in [0.15, 0.2) is 0 Å². The fraction of sp³-hybridized carbons (Fsp3) is 0.923. The van der Waals surface area contributed by atoms with Crippen LogP contribution in [0.3, 0.4) is 0 Å². The zero-order valence-corrected chi connectivity index (χ0v) is 11.8. The van der Waals surface area contributed by atoms with Crippen LogP contribution in [0.5, 0.6) is 0 Å². The SMILES string of the molecule is CCNC(C)(CCCCOC(C)C)C(=O)OC.